The number of carbonyl (C=O) groups is 1. The molecular formula is C10H8ClNO2. The molecule has 3 nitrogen and oxygen atoms in total. The molecule has 4 heteroatoms. The molecule has 0 saturated carbocycles. The lowest BCUT2D eigenvalue weighted by atomic mass is 10.0. The van der Waals surface area contributed by atoms with Crippen molar-refractivity contribution in [3.63, 3.8) is 0 Å². The minimum absolute atomic E-state index is 0.0581. The Morgan fingerprint density at radius 3 is 2.64 bits per heavy atom. The summed E-state index contributed by atoms with van der Waals surface area (Å²) < 4.78 is 0. The van der Waals surface area contributed by atoms with Gasteiger partial charge in [0, 0.05) is 5.02 Å². The van der Waals surface area contributed by atoms with E-state index in [2.05, 4.69) is 0 Å². The van der Waals surface area contributed by atoms with Gasteiger partial charge in [-0.15, -0.1) is 0 Å². The van der Waals surface area contributed by atoms with Gasteiger partial charge in [0.15, 0.2) is 5.78 Å². The molecule has 72 valence electrons. The third-order valence-electron chi connectivity index (χ3n) is 1.99. The summed E-state index contributed by atoms with van der Waals surface area (Å²) in [7, 11) is 0. The van der Waals surface area contributed by atoms with E-state index in [1.165, 1.54) is 13.0 Å². The Bertz CT molecular complexity index is 446. The van der Waals surface area contributed by atoms with Crippen LogP contribution in [-0.4, -0.2) is 10.9 Å². The standard InChI is InChI=1S/C10H8ClNO2/c1-5-8(4-12)10(14)7(6(2)13)3-9(5)11/h3,14H,1-2H3. The van der Waals surface area contributed by atoms with Crippen molar-refractivity contribution in [3.05, 3.63) is 27.8 Å². The number of nitrogens with zero attached hydrogens (tertiary/aromatic N) is 1. The number of hydrogen-bond donors (Lipinski definition) is 1. The lowest BCUT2D eigenvalue weighted by molar-refractivity contribution is 0.101. The van der Waals surface area contributed by atoms with E-state index in [0.29, 0.717) is 10.6 Å². The molecule has 0 spiro atoms. The van der Waals surface area contributed by atoms with Crippen LogP contribution in [0, 0.1) is 18.3 Å². The highest BCUT2D eigenvalue weighted by Crippen LogP contribution is 2.31. The van der Waals surface area contributed by atoms with Gasteiger partial charge in [0.2, 0.25) is 0 Å². The molecule has 1 rings (SSSR count). The number of Topliss-reactive ketones (excluding diaryl/α,β-unsaturated/α-hetero) is 1. The van der Waals surface area contributed by atoms with Crippen LogP contribution in [0.25, 0.3) is 0 Å². The van der Waals surface area contributed by atoms with Gasteiger partial charge in [-0.2, -0.15) is 5.26 Å². The lowest BCUT2D eigenvalue weighted by Crippen LogP contribution is -1.97. The lowest BCUT2D eigenvalue weighted by Gasteiger charge is -2.07. The molecule has 0 aliphatic heterocycles. The Morgan fingerprint density at radius 1 is 1.64 bits per heavy atom. The molecule has 0 fully saturated rings. The molecule has 0 bridgehead atoms. The third kappa shape index (κ3) is 1.57. The molecule has 0 radical (unpaired) electrons. The van der Waals surface area contributed by atoms with Crippen molar-refractivity contribution in [1.82, 2.24) is 0 Å². The summed E-state index contributed by atoms with van der Waals surface area (Å²) in [5, 5.41) is 18.6. The van der Waals surface area contributed by atoms with E-state index >= 15 is 0 Å². The molecule has 0 aliphatic rings. The number of carbonyl (C=O) groups excluding carboxylic acids is 1. The first-order valence-corrected chi connectivity index (χ1v) is 4.30. The molecule has 14 heavy (non-hydrogen) atoms. The normalized spacial score (nSPS) is 9.57. The summed E-state index contributed by atoms with van der Waals surface area (Å²) in [6, 6.07) is 3.18. The molecular weight excluding hydrogens is 202 g/mol. The van der Waals surface area contributed by atoms with Crippen molar-refractivity contribution < 1.29 is 9.90 Å². The van der Waals surface area contributed by atoms with Gasteiger partial charge >= 0.3 is 0 Å². The summed E-state index contributed by atoms with van der Waals surface area (Å²) in [5.41, 5.74) is 0.622. The smallest absolute Gasteiger partial charge is 0.163 e. The zero-order valence-corrected chi connectivity index (χ0v) is 8.51. The number of aromatic hydroxyl groups is 1. The van der Waals surface area contributed by atoms with Crippen LogP contribution in [0.1, 0.15) is 28.4 Å². The Hall–Kier alpha value is -1.53. The summed E-state index contributed by atoms with van der Waals surface area (Å²) in [5.74, 6) is -0.609. The minimum atomic E-state index is -0.319. The molecule has 1 aromatic rings. The van der Waals surface area contributed by atoms with Crippen molar-refractivity contribution >= 4 is 17.4 Å². The van der Waals surface area contributed by atoms with Gasteiger partial charge in [-0.3, -0.25) is 4.79 Å². The van der Waals surface area contributed by atoms with E-state index in [1.54, 1.807) is 6.92 Å². The molecule has 0 aliphatic carbocycles. The summed E-state index contributed by atoms with van der Waals surface area (Å²) in [6.45, 7) is 2.92. The van der Waals surface area contributed by atoms with Gasteiger partial charge in [0.1, 0.15) is 11.8 Å². The Labute approximate surface area is 86.5 Å². The highest BCUT2D eigenvalue weighted by atomic mass is 35.5. The molecule has 1 N–H and O–H groups in total. The Morgan fingerprint density at radius 2 is 2.21 bits per heavy atom. The quantitative estimate of drug-likeness (QED) is 0.723. The number of halogens is 1. The number of benzene rings is 1. The Balaban J connectivity index is 3.61. The predicted molar refractivity (Wildman–Crippen MR) is 52.6 cm³/mol. The first kappa shape index (κ1) is 10.6. The number of phenols is 1. The van der Waals surface area contributed by atoms with Crippen LogP contribution in [0.4, 0.5) is 0 Å². The Kier molecular flexibility index (Phi) is 2.78. The van der Waals surface area contributed by atoms with Crippen molar-refractivity contribution in [2.45, 2.75) is 13.8 Å². The molecule has 0 amide bonds. The van der Waals surface area contributed by atoms with Crippen molar-refractivity contribution in [3.8, 4) is 11.8 Å². The maximum Gasteiger partial charge on any atom is 0.163 e. The first-order chi connectivity index (χ1) is 6.49. The molecule has 0 aromatic heterocycles. The highest BCUT2D eigenvalue weighted by molar-refractivity contribution is 6.32. The monoisotopic (exact) mass is 209 g/mol. The topological polar surface area (TPSA) is 61.1 Å². The van der Waals surface area contributed by atoms with Crippen LogP contribution < -0.4 is 0 Å². The number of phenolic OH excluding ortho intramolecular Hbond substituents is 1. The maximum absolute atomic E-state index is 11.1. The fraction of sp³-hybridized carbons (Fsp3) is 0.200. The first-order valence-electron chi connectivity index (χ1n) is 3.92. The summed E-state index contributed by atoms with van der Waals surface area (Å²) >= 11 is 5.80. The average molecular weight is 210 g/mol. The predicted octanol–water partition coefficient (Wildman–Crippen LogP) is 2.43. The van der Waals surface area contributed by atoms with Gasteiger partial charge in [0.05, 0.1) is 11.1 Å². The molecule has 0 atom stereocenters. The number of rotatable bonds is 1. The largest absolute Gasteiger partial charge is 0.506 e. The van der Waals surface area contributed by atoms with Crippen molar-refractivity contribution in [2.75, 3.05) is 0 Å². The second-order valence-corrected chi connectivity index (χ2v) is 3.33. The van der Waals surface area contributed by atoms with Crippen LogP contribution in [-0.2, 0) is 0 Å². The van der Waals surface area contributed by atoms with Crippen LogP contribution in [0.2, 0.25) is 5.02 Å². The maximum atomic E-state index is 11.1. The third-order valence-corrected chi connectivity index (χ3v) is 2.38. The van der Waals surface area contributed by atoms with E-state index in [-0.39, 0.29) is 22.7 Å². The van der Waals surface area contributed by atoms with Crippen LogP contribution in [0.3, 0.4) is 0 Å². The van der Waals surface area contributed by atoms with Gasteiger partial charge in [0.25, 0.3) is 0 Å². The van der Waals surface area contributed by atoms with E-state index < -0.39 is 0 Å². The molecule has 0 unspecified atom stereocenters. The highest BCUT2D eigenvalue weighted by Gasteiger charge is 2.16. The van der Waals surface area contributed by atoms with Gasteiger partial charge in [-0.05, 0) is 25.5 Å². The zero-order chi connectivity index (χ0) is 10.9. The van der Waals surface area contributed by atoms with Gasteiger partial charge in [-0.1, -0.05) is 11.6 Å². The van der Waals surface area contributed by atoms with Crippen LogP contribution in [0.5, 0.6) is 5.75 Å². The molecule has 0 saturated heterocycles. The van der Waals surface area contributed by atoms with Gasteiger partial charge in [-0.25, -0.2) is 0 Å². The van der Waals surface area contributed by atoms with E-state index in [0.717, 1.165) is 0 Å². The van der Waals surface area contributed by atoms with Crippen LogP contribution >= 0.6 is 11.6 Å². The minimum Gasteiger partial charge on any atom is -0.506 e. The van der Waals surface area contributed by atoms with Crippen molar-refractivity contribution in [2.24, 2.45) is 0 Å². The summed E-state index contributed by atoms with van der Waals surface area (Å²) in [4.78, 5) is 11.1. The number of hydrogen-bond acceptors (Lipinski definition) is 3. The fourth-order valence-corrected chi connectivity index (χ4v) is 1.34. The number of nitriles is 1. The van der Waals surface area contributed by atoms with Gasteiger partial charge < -0.3 is 5.11 Å². The second kappa shape index (κ2) is 3.69. The average Bonchev–Trinajstić information content (AvgIpc) is 2.12. The molecule has 1 aromatic carbocycles. The van der Waals surface area contributed by atoms with E-state index in [1.807, 2.05) is 6.07 Å². The number of ketones is 1. The van der Waals surface area contributed by atoms with Crippen molar-refractivity contribution in [1.29, 1.82) is 5.26 Å². The zero-order valence-electron chi connectivity index (χ0n) is 7.76. The SMILES string of the molecule is CC(=O)c1cc(Cl)c(C)c(C#N)c1O. The summed E-state index contributed by atoms with van der Waals surface area (Å²) in [6.07, 6.45) is 0. The van der Waals surface area contributed by atoms with E-state index in [9.17, 15) is 9.90 Å². The second-order valence-electron chi connectivity index (χ2n) is 2.92. The van der Waals surface area contributed by atoms with Crippen LogP contribution in [0.15, 0.2) is 6.07 Å². The fourth-order valence-electron chi connectivity index (χ4n) is 1.14. The van der Waals surface area contributed by atoms with E-state index in [4.69, 9.17) is 16.9 Å². The molecule has 0 heterocycles.